The molecule has 0 unspecified atom stereocenters. The minimum atomic E-state index is -3.74. The maximum Gasteiger partial charge on any atom is 0.241 e. The van der Waals surface area contributed by atoms with Gasteiger partial charge in [-0.1, -0.05) is 29.8 Å². The Bertz CT molecular complexity index is 800. The van der Waals surface area contributed by atoms with E-state index in [1.54, 1.807) is 12.1 Å². The largest absolute Gasteiger partial charge is 0.494 e. The lowest BCUT2D eigenvalue weighted by Crippen LogP contribution is -2.36. The molecule has 134 valence electrons. The Balaban J connectivity index is 1.85. The van der Waals surface area contributed by atoms with Crippen molar-refractivity contribution in [2.45, 2.75) is 25.3 Å². The molecule has 0 aliphatic carbocycles. The third-order valence-corrected chi connectivity index (χ3v) is 4.90. The van der Waals surface area contributed by atoms with E-state index in [-0.39, 0.29) is 11.4 Å². The summed E-state index contributed by atoms with van der Waals surface area (Å²) in [5.74, 6) is 0.201. The molecule has 7 heteroatoms. The molecule has 1 amide bonds. The zero-order valence-corrected chi connectivity index (χ0v) is 15.1. The topological polar surface area (TPSA) is 84.5 Å². The second kappa shape index (κ2) is 8.64. The van der Waals surface area contributed by atoms with Gasteiger partial charge in [-0.05, 0) is 43.7 Å². The van der Waals surface area contributed by atoms with Gasteiger partial charge in [0.2, 0.25) is 15.9 Å². The second-order valence-electron chi connectivity index (χ2n) is 5.49. The lowest BCUT2D eigenvalue weighted by atomic mass is 10.1. The molecule has 0 radical (unpaired) electrons. The van der Waals surface area contributed by atoms with Crippen LogP contribution in [0.4, 0.5) is 0 Å². The van der Waals surface area contributed by atoms with Crippen LogP contribution in [0.15, 0.2) is 53.4 Å². The van der Waals surface area contributed by atoms with Gasteiger partial charge in [0.25, 0.3) is 0 Å². The van der Waals surface area contributed by atoms with Crippen molar-refractivity contribution in [2.24, 2.45) is 0 Å². The first-order chi connectivity index (χ1) is 11.9. The summed E-state index contributed by atoms with van der Waals surface area (Å²) in [6.45, 7) is 4.37. The Kier molecular flexibility index (Phi) is 6.55. The van der Waals surface area contributed by atoms with Crippen molar-refractivity contribution in [1.82, 2.24) is 10.0 Å². The number of benzene rings is 2. The molecule has 0 aliphatic rings. The van der Waals surface area contributed by atoms with Crippen LogP contribution in [0, 0.1) is 6.92 Å². The van der Waals surface area contributed by atoms with Crippen molar-refractivity contribution in [1.29, 1.82) is 0 Å². The summed E-state index contributed by atoms with van der Waals surface area (Å²) in [6.07, 6.45) is 0. The highest BCUT2D eigenvalue weighted by Gasteiger charge is 2.15. The van der Waals surface area contributed by atoms with Crippen LogP contribution < -0.4 is 14.8 Å². The van der Waals surface area contributed by atoms with Crippen LogP contribution in [-0.2, 0) is 21.4 Å². The normalized spacial score (nSPS) is 11.1. The number of rotatable bonds is 8. The van der Waals surface area contributed by atoms with Crippen LogP contribution in [0.25, 0.3) is 0 Å². The molecule has 2 N–H and O–H groups in total. The smallest absolute Gasteiger partial charge is 0.241 e. The van der Waals surface area contributed by atoms with Crippen molar-refractivity contribution in [3.8, 4) is 5.75 Å². The molecule has 0 bridgehead atoms. The standard InChI is InChI=1S/C18H22N2O4S/c1-3-24-16-8-10-17(11-9-16)25(22,23)20-13-18(21)19-12-15-6-4-14(2)5-7-15/h4-11,20H,3,12-13H2,1-2H3,(H,19,21). The Morgan fingerprint density at radius 2 is 1.68 bits per heavy atom. The first-order valence-corrected chi connectivity index (χ1v) is 9.44. The van der Waals surface area contributed by atoms with Crippen molar-refractivity contribution >= 4 is 15.9 Å². The van der Waals surface area contributed by atoms with Gasteiger partial charge in [-0.2, -0.15) is 0 Å². The van der Waals surface area contributed by atoms with E-state index in [0.717, 1.165) is 11.1 Å². The summed E-state index contributed by atoms with van der Waals surface area (Å²) in [6, 6.07) is 13.8. The molecule has 2 rings (SSSR count). The van der Waals surface area contributed by atoms with Gasteiger partial charge in [0.15, 0.2) is 0 Å². The van der Waals surface area contributed by atoms with E-state index in [9.17, 15) is 13.2 Å². The number of aryl methyl sites for hydroxylation is 1. The van der Waals surface area contributed by atoms with E-state index >= 15 is 0 Å². The molecular formula is C18H22N2O4S. The highest BCUT2D eigenvalue weighted by atomic mass is 32.2. The zero-order chi connectivity index (χ0) is 18.3. The molecule has 6 nitrogen and oxygen atoms in total. The monoisotopic (exact) mass is 362 g/mol. The molecule has 0 aromatic heterocycles. The highest BCUT2D eigenvalue weighted by molar-refractivity contribution is 7.89. The van der Waals surface area contributed by atoms with Crippen molar-refractivity contribution < 1.29 is 17.9 Å². The maximum atomic E-state index is 12.2. The van der Waals surface area contributed by atoms with E-state index in [1.807, 2.05) is 38.1 Å². The third-order valence-electron chi connectivity index (χ3n) is 3.48. The van der Waals surface area contributed by atoms with E-state index in [0.29, 0.717) is 18.9 Å². The lowest BCUT2D eigenvalue weighted by molar-refractivity contribution is -0.120. The van der Waals surface area contributed by atoms with Gasteiger partial charge in [0.05, 0.1) is 18.0 Å². The van der Waals surface area contributed by atoms with E-state index in [1.165, 1.54) is 12.1 Å². The Morgan fingerprint density at radius 1 is 1.04 bits per heavy atom. The Labute approximate surface area is 148 Å². The highest BCUT2D eigenvalue weighted by Crippen LogP contribution is 2.15. The summed E-state index contributed by atoms with van der Waals surface area (Å²) in [7, 11) is -3.74. The fraction of sp³-hybridized carbons (Fsp3) is 0.278. The molecule has 0 saturated carbocycles. The fourth-order valence-corrected chi connectivity index (χ4v) is 3.08. The molecule has 0 spiro atoms. The number of hydrogen-bond donors (Lipinski definition) is 2. The molecule has 0 aliphatic heterocycles. The summed E-state index contributed by atoms with van der Waals surface area (Å²) < 4.78 is 31.9. The average molecular weight is 362 g/mol. The third kappa shape index (κ3) is 5.88. The van der Waals surface area contributed by atoms with E-state index in [4.69, 9.17) is 4.74 Å². The number of carbonyl (C=O) groups excluding carboxylic acids is 1. The van der Waals surface area contributed by atoms with Gasteiger partial charge < -0.3 is 10.1 Å². The molecule has 0 atom stereocenters. The van der Waals surface area contributed by atoms with Crippen LogP contribution in [0.1, 0.15) is 18.1 Å². The van der Waals surface area contributed by atoms with Crippen LogP contribution in [-0.4, -0.2) is 27.5 Å². The fourth-order valence-electron chi connectivity index (χ4n) is 2.09. The maximum absolute atomic E-state index is 12.2. The minimum absolute atomic E-state index is 0.0855. The van der Waals surface area contributed by atoms with E-state index < -0.39 is 15.9 Å². The van der Waals surface area contributed by atoms with E-state index in [2.05, 4.69) is 10.0 Å². The summed E-state index contributed by atoms with van der Waals surface area (Å²) >= 11 is 0. The molecular weight excluding hydrogens is 340 g/mol. The molecule has 2 aromatic rings. The SMILES string of the molecule is CCOc1ccc(S(=O)(=O)NCC(=O)NCc2ccc(C)cc2)cc1. The quantitative estimate of drug-likeness (QED) is 0.752. The second-order valence-corrected chi connectivity index (χ2v) is 7.26. The predicted molar refractivity (Wildman–Crippen MR) is 95.8 cm³/mol. The first kappa shape index (κ1) is 19.0. The van der Waals surface area contributed by atoms with Crippen LogP contribution in [0.2, 0.25) is 0 Å². The van der Waals surface area contributed by atoms with Gasteiger partial charge in [0.1, 0.15) is 5.75 Å². The lowest BCUT2D eigenvalue weighted by Gasteiger charge is -2.09. The van der Waals surface area contributed by atoms with Gasteiger partial charge in [0, 0.05) is 6.54 Å². The summed E-state index contributed by atoms with van der Waals surface area (Å²) in [4.78, 5) is 11.9. The number of hydrogen-bond acceptors (Lipinski definition) is 4. The molecule has 0 saturated heterocycles. The van der Waals surface area contributed by atoms with Crippen LogP contribution >= 0.6 is 0 Å². The zero-order valence-electron chi connectivity index (χ0n) is 14.3. The number of nitrogens with one attached hydrogen (secondary N) is 2. The van der Waals surface area contributed by atoms with Gasteiger partial charge in [-0.15, -0.1) is 0 Å². The molecule has 0 heterocycles. The molecule has 25 heavy (non-hydrogen) atoms. The van der Waals surface area contributed by atoms with Gasteiger partial charge in [-0.25, -0.2) is 13.1 Å². The van der Waals surface area contributed by atoms with Gasteiger partial charge >= 0.3 is 0 Å². The Morgan fingerprint density at radius 3 is 2.28 bits per heavy atom. The van der Waals surface area contributed by atoms with Crippen molar-refractivity contribution in [3.63, 3.8) is 0 Å². The number of sulfonamides is 1. The predicted octanol–water partition coefficient (Wildman–Crippen LogP) is 1.99. The molecule has 2 aromatic carbocycles. The van der Waals surface area contributed by atoms with Crippen molar-refractivity contribution in [2.75, 3.05) is 13.2 Å². The number of ether oxygens (including phenoxy) is 1. The minimum Gasteiger partial charge on any atom is -0.494 e. The number of amides is 1. The first-order valence-electron chi connectivity index (χ1n) is 7.95. The van der Waals surface area contributed by atoms with Crippen LogP contribution in [0.5, 0.6) is 5.75 Å². The number of carbonyl (C=O) groups is 1. The van der Waals surface area contributed by atoms with Gasteiger partial charge in [-0.3, -0.25) is 4.79 Å². The molecule has 0 fully saturated rings. The van der Waals surface area contributed by atoms with Crippen molar-refractivity contribution in [3.05, 3.63) is 59.7 Å². The average Bonchev–Trinajstić information content (AvgIpc) is 2.60. The Hall–Kier alpha value is -2.38. The summed E-state index contributed by atoms with van der Waals surface area (Å²) in [5.41, 5.74) is 2.09. The van der Waals surface area contributed by atoms with Crippen LogP contribution in [0.3, 0.4) is 0 Å². The summed E-state index contributed by atoms with van der Waals surface area (Å²) in [5, 5.41) is 2.68.